The number of aliphatic hydroxyl groups is 2. The number of hydrogen-bond donors (Lipinski definition) is 11. The minimum absolute atomic E-state index is 0.00833. The van der Waals surface area contributed by atoms with E-state index in [1.165, 1.54) is 42.1 Å². The Kier molecular flexibility index (Phi) is 13.5. The van der Waals surface area contributed by atoms with Crippen LogP contribution in [-0.4, -0.2) is 141 Å². The molecule has 7 rings (SSSR count). The Morgan fingerprint density at radius 1 is 0.984 bits per heavy atom. The van der Waals surface area contributed by atoms with Crippen LogP contribution in [0.25, 0.3) is 0 Å². The molecule has 0 radical (unpaired) electrons. The predicted molar refractivity (Wildman–Crippen MR) is 227 cm³/mol. The summed E-state index contributed by atoms with van der Waals surface area (Å²) in [6.07, 6.45) is 6.19. The van der Waals surface area contributed by atoms with E-state index in [2.05, 4.69) is 42.2 Å². The van der Waals surface area contributed by atoms with Gasteiger partial charge in [0, 0.05) is 60.9 Å². The van der Waals surface area contributed by atoms with Crippen molar-refractivity contribution in [1.82, 2.24) is 31.9 Å². The number of hydrogen-bond acceptors (Lipinski definition) is 16. The summed E-state index contributed by atoms with van der Waals surface area (Å²) in [6, 6.07) is 4.73. The van der Waals surface area contributed by atoms with Gasteiger partial charge in [0.1, 0.15) is 12.6 Å². The first kappa shape index (κ1) is 43.8. The van der Waals surface area contributed by atoms with Crippen LogP contribution in [0.3, 0.4) is 0 Å². The van der Waals surface area contributed by atoms with Crippen molar-refractivity contribution in [2.45, 2.75) is 98.7 Å². The molecular formula is C38H53N12O9S2+. The summed E-state index contributed by atoms with van der Waals surface area (Å²) in [5.74, 6) is -1.87. The highest BCUT2D eigenvalue weighted by atomic mass is 32.2. The van der Waals surface area contributed by atoms with Crippen molar-refractivity contribution in [3.63, 3.8) is 0 Å². The van der Waals surface area contributed by atoms with Crippen LogP contribution in [-0.2, 0) is 23.9 Å². The van der Waals surface area contributed by atoms with Gasteiger partial charge in [0.2, 0.25) is 23.3 Å². The lowest BCUT2D eigenvalue weighted by Gasteiger charge is -2.42. The molecule has 13 N–H and O–H groups in total. The van der Waals surface area contributed by atoms with Crippen molar-refractivity contribution in [3.8, 4) is 0 Å². The number of nitrogens with two attached hydrogens (primary N) is 2. The number of urea groups is 1. The third-order valence-electron chi connectivity index (χ3n) is 11.6. The molecule has 6 heterocycles. The van der Waals surface area contributed by atoms with Crippen LogP contribution in [0.5, 0.6) is 0 Å². The van der Waals surface area contributed by atoms with Crippen molar-refractivity contribution >= 4 is 82.6 Å². The highest BCUT2D eigenvalue weighted by Crippen LogP contribution is 2.41. The first-order valence-corrected chi connectivity index (χ1v) is 22.5. The summed E-state index contributed by atoms with van der Waals surface area (Å²) in [4.78, 5) is 80.3. The molecule has 3 fully saturated rings. The van der Waals surface area contributed by atoms with Gasteiger partial charge in [-0.15, -0.1) is 11.8 Å². The van der Waals surface area contributed by atoms with Crippen molar-refractivity contribution in [1.29, 1.82) is 0 Å². The van der Waals surface area contributed by atoms with Crippen molar-refractivity contribution in [2.75, 3.05) is 48.0 Å². The zero-order valence-corrected chi connectivity index (χ0v) is 35.1. The lowest BCUT2D eigenvalue weighted by molar-refractivity contribution is -0.623. The molecule has 1 aromatic rings. The molecule has 23 heteroatoms. The number of anilines is 2. The average Bonchev–Trinajstić information content (AvgIpc) is 4.01. The molecular weight excluding hydrogens is 833 g/mol. The fourth-order valence-corrected chi connectivity index (χ4v) is 10.9. The second-order valence-electron chi connectivity index (χ2n) is 15.7. The van der Waals surface area contributed by atoms with Gasteiger partial charge in [0.05, 0.1) is 29.2 Å². The lowest BCUT2D eigenvalue weighted by atomic mass is 9.87. The number of fused-ring (bicyclic) bond motifs is 1. The summed E-state index contributed by atoms with van der Waals surface area (Å²) >= 11 is 3.04. The Morgan fingerprint density at radius 2 is 1.72 bits per heavy atom. The molecule has 0 aromatic heterocycles. The smallest absolute Gasteiger partial charge is 0.411 e. The number of amides is 7. The van der Waals surface area contributed by atoms with E-state index >= 15 is 0 Å². The molecule has 6 unspecified atom stereocenters. The van der Waals surface area contributed by atoms with Gasteiger partial charge in [0.25, 0.3) is 11.8 Å². The Balaban J connectivity index is 0.735. The van der Waals surface area contributed by atoms with E-state index < -0.39 is 41.4 Å². The number of carbonyl (C=O) groups excluding carboxylic acids is 6. The third-order valence-corrected chi connectivity index (χ3v) is 14.1. The predicted octanol–water partition coefficient (Wildman–Crippen LogP) is -1.39. The zero-order chi connectivity index (χ0) is 43.3. The number of nitrogens with one attached hydrogen (secondary N) is 7. The number of ether oxygens (including phenoxy) is 1. The number of benzene rings is 1. The topological polar surface area (TPSA) is 307 Å². The molecule has 21 nitrogen and oxygen atoms in total. The van der Waals surface area contributed by atoms with E-state index in [-0.39, 0.29) is 66.3 Å². The second-order valence-corrected chi connectivity index (χ2v) is 18.1. The van der Waals surface area contributed by atoms with Gasteiger partial charge >= 0.3 is 18.1 Å². The molecule has 61 heavy (non-hydrogen) atoms. The summed E-state index contributed by atoms with van der Waals surface area (Å²) in [5.41, 5.74) is 11.2. The maximum Gasteiger partial charge on any atom is 0.411 e. The number of imide groups is 1. The maximum absolute atomic E-state index is 13.1. The summed E-state index contributed by atoms with van der Waals surface area (Å²) < 4.78 is 6.98. The van der Waals surface area contributed by atoms with Crippen LogP contribution in [0.2, 0.25) is 0 Å². The van der Waals surface area contributed by atoms with Gasteiger partial charge < -0.3 is 47.3 Å². The van der Waals surface area contributed by atoms with E-state index in [0.717, 1.165) is 42.8 Å². The zero-order valence-electron chi connectivity index (χ0n) is 33.4. The van der Waals surface area contributed by atoms with E-state index in [9.17, 15) is 39.0 Å². The van der Waals surface area contributed by atoms with E-state index in [1.807, 2.05) is 11.8 Å². The molecule has 6 atom stereocenters. The molecule has 3 saturated heterocycles. The number of aliphatic imine (C=N–C) groups is 1. The second kappa shape index (κ2) is 18.8. The Labute approximate surface area is 360 Å². The average molecular weight is 886 g/mol. The van der Waals surface area contributed by atoms with Crippen molar-refractivity contribution in [3.05, 3.63) is 35.2 Å². The lowest BCUT2D eigenvalue weighted by Crippen LogP contribution is -2.77. The number of guanidine groups is 2. The van der Waals surface area contributed by atoms with Crippen LogP contribution in [0.1, 0.15) is 57.8 Å². The van der Waals surface area contributed by atoms with Crippen molar-refractivity contribution in [2.24, 2.45) is 16.5 Å². The van der Waals surface area contributed by atoms with Crippen molar-refractivity contribution < 1.29 is 48.3 Å². The minimum atomic E-state index is -2.22. The number of carbonyl (C=O) groups is 6. The molecule has 6 aliphatic rings. The van der Waals surface area contributed by atoms with E-state index in [0.29, 0.717) is 54.7 Å². The largest absolute Gasteiger partial charge is 0.446 e. The first-order chi connectivity index (χ1) is 29.3. The molecule has 330 valence electrons. The van der Waals surface area contributed by atoms with Gasteiger partial charge in [-0.2, -0.15) is 11.8 Å². The minimum Gasteiger partial charge on any atom is -0.446 e. The van der Waals surface area contributed by atoms with Gasteiger partial charge in [-0.1, -0.05) is 12.8 Å². The molecule has 0 aliphatic carbocycles. The maximum atomic E-state index is 13.1. The van der Waals surface area contributed by atoms with Gasteiger partial charge in [0.15, 0.2) is 12.0 Å². The number of nitrogens with zero attached hydrogens (tertiary/aromatic N) is 3. The quantitative estimate of drug-likeness (QED) is 0.0251. The normalized spacial score (nSPS) is 26.9. The van der Waals surface area contributed by atoms with E-state index in [1.54, 1.807) is 4.58 Å². The summed E-state index contributed by atoms with van der Waals surface area (Å²) in [7, 11) is 0. The standard InChI is InChI=1S/C38H52N12O9S2/c39-33-47-31-23(44-34(40)49-16-13-37(57,58)38(31,49)48-33)19-59-36(56)43-21-9-11-22(12-10-21)50-29(53)18-26(32(50)54)60-17-15-42-28(52)7-2-1-5-14-41-27(51)8-4-3-6-25-30-24(20-61-25)45-35(55)46-30/h9-12,18,23-25,30-31,57-58H,1-8,13-17,19-20H2,(H10,39,40,41,42,43,44,45,46,47,48,51,52,55,56)/p+1. The molecule has 6 aliphatic heterocycles. The highest BCUT2D eigenvalue weighted by molar-refractivity contribution is 8.04. The number of unbranched alkanes of at least 4 members (excludes halogenated alkanes) is 3. The number of rotatable bonds is 19. The third kappa shape index (κ3) is 9.63. The van der Waals surface area contributed by atoms with Gasteiger partial charge in [-0.3, -0.25) is 35.5 Å². The van der Waals surface area contributed by atoms with E-state index in [4.69, 9.17) is 16.2 Å². The molecule has 7 amide bonds. The molecule has 0 saturated carbocycles. The first-order valence-electron chi connectivity index (χ1n) is 20.5. The fourth-order valence-electron chi connectivity index (χ4n) is 8.56. The summed E-state index contributed by atoms with van der Waals surface area (Å²) in [5, 5.41) is 42.2. The molecule has 1 spiro atoms. The molecule has 1 aromatic carbocycles. The molecule has 0 bridgehead atoms. The highest BCUT2D eigenvalue weighted by Gasteiger charge is 2.71. The van der Waals surface area contributed by atoms with Crippen LogP contribution in [0.4, 0.5) is 21.0 Å². The van der Waals surface area contributed by atoms with Crippen LogP contribution >= 0.6 is 23.5 Å². The Hall–Kier alpha value is -5.26. The Morgan fingerprint density at radius 3 is 2.49 bits per heavy atom. The summed E-state index contributed by atoms with van der Waals surface area (Å²) in [6.45, 7) is 0.852. The monoisotopic (exact) mass is 885 g/mol. The van der Waals surface area contributed by atoms with Gasteiger partial charge in [-0.25, -0.2) is 24.1 Å². The van der Waals surface area contributed by atoms with Crippen LogP contribution < -0.4 is 53.6 Å². The van der Waals surface area contributed by atoms with Crippen LogP contribution in [0.15, 0.2) is 40.2 Å². The van der Waals surface area contributed by atoms with Gasteiger partial charge in [-0.05, 0) is 49.9 Å². The van der Waals surface area contributed by atoms with Crippen LogP contribution in [0, 0.1) is 0 Å². The fraction of sp³-hybridized carbons (Fsp3) is 0.579. The SMILES string of the molecule is NC1=NC2C(COC(=O)Nc3ccc(N4C(=O)C=C(SCCNC(=O)CCCCCNC(=O)CCCCC5SCC6NC(=O)NC65)C4=O)cc3)NC(N)=[N+]3CCC(O)(O)C23N1. The Bertz CT molecular complexity index is 2000. The number of thioether (sulfide) groups is 2.